The number of fused-ring (bicyclic) bond motifs is 6. The minimum Gasteiger partial charge on any atom is -0.497 e. The van der Waals surface area contributed by atoms with Crippen molar-refractivity contribution in [2.75, 3.05) is 7.11 Å². The van der Waals surface area contributed by atoms with E-state index in [1.807, 2.05) is 60.7 Å². The summed E-state index contributed by atoms with van der Waals surface area (Å²) in [5, 5.41) is 2.94. The molecule has 150 valence electrons. The second-order valence-corrected chi connectivity index (χ2v) is 7.64. The summed E-state index contributed by atoms with van der Waals surface area (Å²) in [5.41, 5.74) is 2.61. The van der Waals surface area contributed by atoms with Crippen LogP contribution in [-0.4, -0.2) is 7.11 Å². The smallest absolute Gasteiger partial charge is 0.344 e. The molecule has 1 aromatic heterocycles. The summed E-state index contributed by atoms with van der Waals surface area (Å²) in [6.45, 7) is 0. The Balaban J connectivity index is 1.73. The van der Waals surface area contributed by atoms with E-state index in [0.717, 1.165) is 38.8 Å². The highest BCUT2D eigenvalue weighted by atomic mass is 16.5. The third-order valence-corrected chi connectivity index (χ3v) is 5.97. The van der Waals surface area contributed by atoms with Gasteiger partial charge in [-0.05, 0) is 46.7 Å². The van der Waals surface area contributed by atoms with E-state index in [4.69, 9.17) is 13.9 Å². The van der Waals surface area contributed by atoms with Gasteiger partial charge in [0.15, 0.2) is 0 Å². The molecule has 1 unspecified atom stereocenters. The summed E-state index contributed by atoms with van der Waals surface area (Å²) in [5.74, 6) is 1.76. The van der Waals surface area contributed by atoms with Crippen LogP contribution in [0.25, 0.3) is 21.7 Å². The van der Waals surface area contributed by atoms with E-state index in [9.17, 15) is 4.79 Å². The van der Waals surface area contributed by atoms with Crippen LogP contribution in [0.5, 0.6) is 17.2 Å². The van der Waals surface area contributed by atoms with E-state index in [-0.39, 0.29) is 11.5 Å². The predicted molar refractivity (Wildman–Crippen MR) is 120 cm³/mol. The van der Waals surface area contributed by atoms with Crippen molar-refractivity contribution in [3.63, 3.8) is 0 Å². The maximum Gasteiger partial charge on any atom is 0.344 e. The van der Waals surface area contributed by atoms with Crippen LogP contribution in [0.2, 0.25) is 0 Å². The minimum absolute atomic E-state index is 0.323. The number of rotatable bonds is 2. The number of hydrogen-bond donors (Lipinski definition) is 0. The third-order valence-electron chi connectivity index (χ3n) is 5.97. The second-order valence-electron chi connectivity index (χ2n) is 7.64. The molecule has 0 saturated carbocycles. The quantitative estimate of drug-likeness (QED) is 0.319. The fourth-order valence-electron chi connectivity index (χ4n) is 4.54. The fraction of sp³-hybridized carbons (Fsp3) is 0.0741. The van der Waals surface area contributed by atoms with Gasteiger partial charge in [0.1, 0.15) is 22.8 Å². The highest BCUT2D eigenvalue weighted by Crippen LogP contribution is 2.50. The highest BCUT2D eigenvalue weighted by molar-refractivity contribution is 5.92. The SMILES string of the molecule is COc1ccc(C2c3c(c4ccccc4oc3=O)Oc3ccc4ccccc4c32)cc1. The molecule has 6 rings (SSSR count). The second kappa shape index (κ2) is 6.74. The lowest BCUT2D eigenvalue weighted by Gasteiger charge is -2.29. The standard InChI is InChI=1S/C27H18O4/c1-29-18-13-10-17(11-14-18)23-24-19-7-3-2-6-16(19)12-15-22(24)30-26-20-8-4-5-9-21(20)31-27(28)25(23)26/h2-15,23H,1H3. The topological polar surface area (TPSA) is 48.7 Å². The van der Waals surface area contributed by atoms with Crippen molar-refractivity contribution < 1.29 is 13.9 Å². The molecule has 1 aliphatic rings. The van der Waals surface area contributed by atoms with Gasteiger partial charge in [0.2, 0.25) is 0 Å². The number of hydrogen-bond acceptors (Lipinski definition) is 4. The van der Waals surface area contributed by atoms with Crippen LogP contribution in [0, 0.1) is 0 Å². The van der Waals surface area contributed by atoms with Gasteiger partial charge in [0, 0.05) is 11.5 Å². The molecule has 0 spiro atoms. The van der Waals surface area contributed by atoms with Gasteiger partial charge < -0.3 is 13.9 Å². The van der Waals surface area contributed by atoms with Crippen molar-refractivity contribution in [2.45, 2.75) is 5.92 Å². The van der Waals surface area contributed by atoms with Crippen LogP contribution in [0.1, 0.15) is 22.6 Å². The molecule has 2 heterocycles. The molecule has 4 heteroatoms. The number of methoxy groups -OCH3 is 1. The zero-order valence-corrected chi connectivity index (χ0v) is 16.8. The van der Waals surface area contributed by atoms with Crippen molar-refractivity contribution >= 4 is 21.7 Å². The Hall–Kier alpha value is -4.05. The summed E-state index contributed by atoms with van der Waals surface area (Å²) in [4.78, 5) is 13.3. The molecule has 0 aliphatic carbocycles. The molecular formula is C27H18O4. The first-order chi connectivity index (χ1) is 15.2. The molecule has 0 radical (unpaired) electrons. The van der Waals surface area contributed by atoms with Crippen molar-refractivity contribution in [3.8, 4) is 17.2 Å². The summed E-state index contributed by atoms with van der Waals surface area (Å²) in [6, 6.07) is 27.5. The van der Waals surface area contributed by atoms with E-state index < -0.39 is 0 Å². The minimum atomic E-state index is -0.381. The van der Waals surface area contributed by atoms with Crippen molar-refractivity contribution in [1.82, 2.24) is 0 Å². The maximum atomic E-state index is 13.3. The molecule has 0 N–H and O–H groups in total. The van der Waals surface area contributed by atoms with E-state index in [2.05, 4.69) is 18.2 Å². The van der Waals surface area contributed by atoms with Gasteiger partial charge >= 0.3 is 5.63 Å². The molecule has 0 bridgehead atoms. The van der Waals surface area contributed by atoms with Gasteiger partial charge in [-0.3, -0.25) is 0 Å². The average molecular weight is 406 g/mol. The molecule has 0 fully saturated rings. The number of ether oxygens (including phenoxy) is 2. The summed E-state index contributed by atoms with van der Waals surface area (Å²) in [7, 11) is 1.64. The first kappa shape index (κ1) is 17.8. The van der Waals surface area contributed by atoms with Gasteiger partial charge in [0.25, 0.3) is 0 Å². The van der Waals surface area contributed by atoms with Gasteiger partial charge in [-0.25, -0.2) is 4.79 Å². The Morgan fingerprint density at radius 3 is 2.32 bits per heavy atom. The van der Waals surface area contributed by atoms with Crippen LogP contribution in [0.3, 0.4) is 0 Å². The van der Waals surface area contributed by atoms with Crippen LogP contribution in [-0.2, 0) is 0 Å². The molecule has 4 aromatic carbocycles. The lowest BCUT2D eigenvalue weighted by atomic mass is 9.80. The summed E-state index contributed by atoms with van der Waals surface area (Å²) >= 11 is 0. The molecule has 0 saturated heterocycles. The van der Waals surface area contributed by atoms with Crippen LogP contribution < -0.4 is 15.1 Å². The first-order valence-electron chi connectivity index (χ1n) is 10.1. The van der Waals surface area contributed by atoms with Crippen molar-refractivity contribution in [3.05, 3.63) is 112 Å². The van der Waals surface area contributed by atoms with Crippen LogP contribution in [0.15, 0.2) is 94.1 Å². The fourth-order valence-corrected chi connectivity index (χ4v) is 4.54. The molecule has 4 nitrogen and oxygen atoms in total. The molecule has 5 aromatic rings. The highest BCUT2D eigenvalue weighted by Gasteiger charge is 2.35. The zero-order chi connectivity index (χ0) is 20.9. The van der Waals surface area contributed by atoms with E-state index in [0.29, 0.717) is 16.9 Å². The monoisotopic (exact) mass is 406 g/mol. The largest absolute Gasteiger partial charge is 0.497 e. The predicted octanol–water partition coefficient (Wildman–Crippen LogP) is 6.24. The Morgan fingerprint density at radius 1 is 0.774 bits per heavy atom. The number of benzene rings is 4. The Morgan fingerprint density at radius 2 is 1.52 bits per heavy atom. The third kappa shape index (κ3) is 2.65. The zero-order valence-electron chi connectivity index (χ0n) is 16.8. The normalized spacial score (nSPS) is 14.7. The molecule has 1 aliphatic heterocycles. The molecule has 1 atom stereocenters. The Labute approximate surface area is 178 Å². The maximum absolute atomic E-state index is 13.3. The average Bonchev–Trinajstić information content (AvgIpc) is 2.83. The molecular weight excluding hydrogens is 388 g/mol. The first-order valence-corrected chi connectivity index (χ1v) is 10.1. The summed E-state index contributed by atoms with van der Waals surface area (Å²) < 4.78 is 17.5. The van der Waals surface area contributed by atoms with E-state index in [1.165, 1.54) is 0 Å². The van der Waals surface area contributed by atoms with Gasteiger partial charge in [-0.2, -0.15) is 0 Å². The number of para-hydroxylation sites is 1. The van der Waals surface area contributed by atoms with Crippen molar-refractivity contribution in [2.24, 2.45) is 0 Å². The molecule has 0 amide bonds. The Kier molecular flexibility index (Phi) is 3.87. The Bertz CT molecular complexity index is 1510. The van der Waals surface area contributed by atoms with Crippen molar-refractivity contribution in [1.29, 1.82) is 0 Å². The lowest BCUT2D eigenvalue weighted by molar-refractivity contribution is 0.414. The van der Waals surface area contributed by atoms with E-state index >= 15 is 0 Å². The summed E-state index contributed by atoms with van der Waals surface area (Å²) in [6.07, 6.45) is 0. The lowest BCUT2D eigenvalue weighted by Crippen LogP contribution is -2.21. The van der Waals surface area contributed by atoms with Crippen LogP contribution >= 0.6 is 0 Å². The van der Waals surface area contributed by atoms with Gasteiger partial charge in [-0.1, -0.05) is 54.6 Å². The molecule has 31 heavy (non-hydrogen) atoms. The van der Waals surface area contributed by atoms with Gasteiger partial charge in [-0.15, -0.1) is 0 Å². The van der Waals surface area contributed by atoms with Gasteiger partial charge in [0.05, 0.1) is 18.1 Å². The van der Waals surface area contributed by atoms with Crippen LogP contribution in [0.4, 0.5) is 0 Å². The van der Waals surface area contributed by atoms with E-state index in [1.54, 1.807) is 13.2 Å².